The highest BCUT2D eigenvalue weighted by atomic mass is 16.6. The van der Waals surface area contributed by atoms with Crippen molar-refractivity contribution in [1.29, 1.82) is 0 Å². The number of nitrogens with one attached hydrogen (secondary N) is 1. The van der Waals surface area contributed by atoms with E-state index in [9.17, 15) is 0 Å². The van der Waals surface area contributed by atoms with Crippen LogP contribution < -0.4 is 5.48 Å². The van der Waals surface area contributed by atoms with Gasteiger partial charge in [0.2, 0.25) is 0 Å². The normalized spacial score (nSPS) is 17.1. The molecule has 0 spiro atoms. The summed E-state index contributed by atoms with van der Waals surface area (Å²) in [6.45, 7) is 8.49. The fourth-order valence-corrected chi connectivity index (χ4v) is 2.72. The van der Waals surface area contributed by atoms with Crippen molar-refractivity contribution in [2.75, 3.05) is 26.2 Å². The lowest BCUT2D eigenvalue weighted by molar-refractivity contribution is 0.0430. The standard InChI is InChI=1S/C20H30N2O/c1-18(2)17-20(12-11-19-9-5-3-6-10-19)21-23-16-15-22-13-7-4-8-14-22/h3,5-6,9-12,17-18,21H,4,7-8,13-16H2,1-2H3. The van der Waals surface area contributed by atoms with Gasteiger partial charge in [-0.3, -0.25) is 10.3 Å². The molecule has 23 heavy (non-hydrogen) atoms. The first kappa shape index (κ1) is 17.8. The summed E-state index contributed by atoms with van der Waals surface area (Å²) in [5.41, 5.74) is 5.32. The monoisotopic (exact) mass is 314 g/mol. The highest BCUT2D eigenvalue weighted by Crippen LogP contribution is 2.08. The molecule has 0 bridgehead atoms. The molecule has 1 aliphatic heterocycles. The minimum absolute atomic E-state index is 0.476. The van der Waals surface area contributed by atoms with E-state index >= 15 is 0 Å². The lowest BCUT2D eigenvalue weighted by atomic mass is 10.1. The van der Waals surface area contributed by atoms with Crippen LogP contribution in [0.4, 0.5) is 0 Å². The molecule has 3 nitrogen and oxygen atoms in total. The van der Waals surface area contributed by atoms with Crippen LogP contribution in [0, 0.1) is 5.92 Å². The first-order valence-electron chi connectivity index (χ1n) is 8.79. The Balaban J connectivity index is 1.78. The van der Waals surface area contributed by atoms with Gasteiger partial charge in [0.1, 0.15) is 0 Å². The van der Waals surface area contributed by atoms with Gasteiger partial charge in [0.05, 0.1) is 12.3 Å². The van der Waals surface area contributed by atoms with Gasteiger partial charge >= 0.3 is 0 Å². The van der Waals surface area contributed by atoms with Crippen LogP contribution in [0.5, 0.6) is 0 Å². The topological polar surface area (TPSA) is 24.5 Å². The second-order valence-corrected chi connectivity index (χ2v) is 6.46. The molecule has 0 amide bonds. The summed E-state index contributed by atoms with van der Waals surface area (Å²) >= 11 is 0. The van der Waals surface area contributed by atoms with Crippen LogP contribution in [0.25, 0.3) is 6.08 Å². The fraction of sp³-hybridized carbons (Fsp3) is 0.500. The molecule has 0 aliphatic carbocycles. The maximum atomic E-state index is 5.68. The van der Waals surface area contributed by atoms with Crippen LogP contribution in [-0.2, 0) is 4.84 Å². The predicted octanol–water partition coefficient (Wildman–Crippen LogP) is 4.25. The highest BCUT2D eigenvalue weighted by Gasteiger charge is 2.09. The van der Waals surface area contributed by atoms with Gasteiger partial charge < -0.3 is 4.90 Å². The maximum absolute atomic E-state index is 5.68. The number of likely N-dealkylation sites (tertiary alicyclic amines) is 1. The van der Waals surface area contributed by atoms with E-state index in [0.29, 0.717) is 12.5 Å². The summed E-state index contributed by atoms with van der Waals surface area (Å²) in [7, 11) is 0. The zero-order valence-electron chi connectivity index (χ0n) is 14.5. The summed E-state index contributed by atoms with van der Waals surface area (Å²) < 4.78 is 0. The first-order chi connectivity index (χ1) is 11.2. The Kier molecular flexibility index (Phi) is 7.91. The Morgan fingerprint density at radius 2 is 1.91 bits per heavy atom. The Hall–Kier alpha value is -1.58. The number of piperidine rings is 1. The minimum Gasteiger partial charge on any atom is -0.301 e. The first-order valence-corrected chi connectivity index (χ1v) is 8.79. The number of hydrogen-bond donors (Lipinski definition) is 1. The number of benzene rings is 1. The van der Waals surface area contributed by atoms with Gasteiger partial charge in [-0.15, -0.1) is 0 Å². The van der Waals surface area contributed by atoms with Crippen LogP contribution in [0.2, 0.25) is 0 Å². The number of rotatable bonds is 8. The third kappa shape index (κ3) is 7.49. The molecule has 1 N–H and O–H groups in total. The molecule has 2 rings (SSSR count). The Morgan fingerprint density at radius 3 is 2.61 bits per heavy atom. The second kappa shape index (κ2) is 10.2. The molecule has 126 valence electrons. The lowest BCUT2D eigenvalue weighted by Crippen LogP contribution is -2.33. The third-order valence-corrected chi connectivity index (χ3v) is 3.92. The van der Waals surface area contributed by atoms with E-state index < -0.39 is 0 Å². The van der Waals surface area contributed by atoms with Crippen molar-refractivity contribution in [3.63, 3.8) is 0 Å². The summed E-state index contributed by atoms with van der Waals surface area (Å²) in [4.78, 5) is 8.16. The average molecular weight is 314 g/mol. The molecule has 1 aliphatic rings. The molecule has 1 aromatic rings. The van der Waals surface area contributed by atoms with Crippen LogP contribution in [0.1, 0.15) is 38.7 Å². The van der Waals surface area contributed by atoms with Gasteiger partial charge in [-0.2, -0.15) is 0 Å². The molecule has 0 radical (unpaired) electrons. The Labute approximate surface area is 141 Å². The molecule has 0 unspecified atom stereocenters. The van der Waals surface area contributed by atoms with Crippen molar-refractivity contribution in [3.05, 3.63) is 53.7 Å². The Morgan fingerprint density at radius 1 is 1.17 bits per heavy atom. The molecule has 1 heterocycles. The maximum Gasteiger partial charge on any atom is 0.0873 e. The molecule has 0 saturated carbocycles. The van der Waals surface area contributed by atoms with Crippen molar-refractivity contribution in [2.45, 2.75) is 33.1 Å². The van der Waals surface area contributed by atoms with E-state index in [2.05, 4.69) is 54.6 Å². The van der Waals surface area contributed by atoms with E-state index in [1.54, 1.807) is 0 Å². The smallest absolute Gasteiger partial charge is 0.0873 e. The molecule has 1 saturated heterocycles. The zero-order valence-corrected chi connectivity index (χ0v) is 14.5. The van der Waals surface area contributed by atoms with E-state index in [0.717, 1.165) is 12.2 Å². The quantitative estimate of drug-likeness (QED) is 0.441. The third-order valence-electron chi connectivity index (χ3n) is 3.92. The Bertz CT molecular complexity index is 488. The van der Waals surface area contributed by atoms with E-state index in [1.165, 1.54) is 37.9 Å². The summed E-state index contributed by atoms with van der Waals surface area (Å²) in [5, 5.41) is 0. The summed E-state index contributed by atoms with van der Waals surface area (Å²) in [6.07, 6.45) is 10.4. The SMILES string of the molecule is CC(C)C=C(C=Cc1ccccc1)NOCCN1CCCCC1. The van der Waals surface area contributed by atoms with Gasteiger partial charge in [-0.1, -0.05) is 62.8 Å². The number of hydrogen-bond acceptors (Lipinski definition) is 3. The minimum atomic E-state index is 0.476. The fourth-order valence-electron chi connectivity index (χ4n) is 2.72. The van der Waals surface area contributed by atoms with Gasteiger partial charge in [0.25, 0.3) is 0 Å². The van der Waals surface area contributed by atoms with Crippen molar-refractivity contribution >= 4 is 6.08 Å². The average Bonchev–Trinajstić information content (AvgIpc) is 2.58. The molecule has 1 aromatic carbocycles. The zero-order chi connectivity index (χ0) is 16.3. The van der Waals surface area contributed by atoms with Gasteiger partial charge in [-0.25, -0.2) is 0 Å². The van der Waals surface area contributed by atoms with Gasteiger partial charge in [0.15, 0.2) is 0 Å². The van der Waals surface area contributed by atoms with Crippen molar-refractivity contribution in [3.8, 4) is 0 Å². The number of nitrogens with zero attached hydrogens (tertiary/aromatic N) is 1. The van der Waals surface area contributed by atoms with Crippen LogP contribution in [0.3, 0.4) is 0 Å². The largest absolute Gasteiger partial charge is 0.301 e. The molecule has 0 atom stereocenters. The van der Waals surface area contributed by atoms with Crippen LogP contribution in [0.15, 0.2) is 48.2 Å². The van der Waals surface area contributed by atoms with Gasteiger partial charge in [0, 0.05) is 6.54 Å². The van der Waals surface area contributed by atoms with Gasteiger partial charge in [-0.05, 0) is 43.5 Å². The van der Waals surface area contributed by atoms with E-state index in [4.69, 9.17) is 4.84 Å². The molecule has 1 fully saturated rings. The molecule has 0 aromatic heterocycles. The molecular weight excluding hydrogens is 284 g/mol. The summed E-state index contributed by atoms with van der Waals surface area (Å²) in [6, 6.07) is 10.3. The number of allylic oxidation sites excluding steroid dienone is 2. The number of hydroxylamine groups is 1. The summed E-state index contributed by atoms with van der Waals surface area (Å²) in [5.74, 6) is 0.476. The van der Waals surface area contributed by atoms with Crippen LogP contribution >= 0.6 is 0 Å². The molecule has 3 heteroatoms. The van der Waals surface area contributed by atoms with Crippen molar-refractivity contribution < 1.29 is 4.84 Å². The van der Waals surface area contributed by atoms with Crippen molar-refractivity contribution in [1.82, 2.24) is 10.4 Å². The predicted molar refractivity (Wildman–Crippen MR) is 97.8 cm³/mol. The van der Waals surface area contributed by atoms with E-state index in [-0.39, 0.29) is 0 Å². The highest BCUT2D eigenvalue weighted by molar-refractivity contribution is 5.52. The lowest BCUT2D eigenvalue weighted by Gasteiger charge is -2.26. The van der Waals surface area contributed by atoms with Crippen molar-refractivity contribution in [2.24, 2.45) is 5.92 Å². The van der Waals surface area contributed by atoms with Crippen LogP contribution in [-0.4, -0.2) is 31.1 Å². The second-order valence-electron chi connectivity index (χ2n) is 6.46. The molecular formula is C20H30N2O. The van der Waals surface area contributed by atoms with E-state index in [1.807, 2.05) is 18.2 Å².